The lowest BCUT2D eigenvalue weighted by molar-refractivity contribution is -0.127. The van der Waals surface area contributed by atoms with E-state index in [1.165, 1.54) is 22.7 Å². The zero-order valence-electron chi connectivity index (χ0n) is 18.2. The molecule has 0 radical (unpaired) electrons. The Balaban J connectivity index is 1.40. The van der Waals surface area contributed by atoms with E-state index in [9.17, 15) is 13.2 Å². The third-order valence-electron chi connectivity index (χ3n) is 6.81. The Morgan fingerprint density at radius 1 is 0.935 bits per heavy atom. The van der Waals surface area contributed by atoms with E-state index in [1.807, 2.05) is 37.3 Å². The number of piperidine rings is 1. The first-order chi connectivity index (χ1) is 14.9. The summed E-state index contributed by atoms with van der Waals surface area (Å²) >= 11 is 0. The topological polar surface area (TPSA) is 66.5 Å². The number of amides is 1. The third-order valence-corrected chi connectivity index (χ3v) is 8.72. The number of sulfonamides is 1. The molecule has 1 amide bonds. The molecular weight excluding hydrogens is 408 g/mol. The van der Waals surface area contributed by atoms with Crippen molar-refractivity contribution < 1.29 is 13.2 Å². The summed E-state index contributed by atoms with van der Waals surface area (Å²) in [5.41, 5.74) is 2.20. The summed E-state index contributed by atoms with van der Waals surface area (Å²) in [4.78, 5) is 13.4. The highest BCUT2D eigenvalue weighted by Crippen LogP contribution is 2.36. The predicted octanol–water partition coefficient (Wildman–Crippen LogP) is 4.44. The van der Waals surface area contributed by atoms with Gasteiger partial charge in [0.15, 0.2) is 0 Å². The van der Waals surface area contributed by atoms with Crippen LogP contribution in [0, 0.1) is 18.8 Å². The lowest BCUT2D eigenvalue weighted by Crippen LogP contribution is -2.44. The van der Waals surface area contributed by atoms with Gasteiger partial charge in [-0.25, -0.2) is 8.42 Å². The average molecular weight is 441 g/mol. The van der Waals surface area contributed by atoms with E-state index in [0.29, 0.717) is 36.7 Å². The maximum atomic E-state index is 13.1. The van der Waals surface area contributed by atoms with Gasteiger partial charge in [0.05, 0.1) is 10.9 Å². The zero-order valence-corrected chi connectivity index (χ0v) is 19.0. The van der Waals surface area contributed by atoms with Crippen molar-refractivity contribution in [1.29, 1.82) is 0 Å². The van der Waals surface area contributed by atoms with Crippen molar-refractivity contribution >= 4 is 15.9 Å². The first kappa shape index (κ1) is 22.0. The molecule has 1 atom stereocenters. The Bertz CT molecular complexity index is 975. The SMILES string of the molecule is Cc1ccc(S(=O)(=O)N2CCC(C(=O)NC(c3ccccc3)C3CCCC3)CC2)cc1. The van der Waals surface area contributed by atoms with Crippen LogP contribution < -0.4 is 5.32 Å². The molecule has 0 spiro atoms. The summed E-state index contributed by atoms with van der Waals surface area (Å²) < 4.78 is 27.4. The van der Waals surface area contributed by atoms with Crippen LogP contribution in [0.1, 0.15) is 55.7 Å². The van der Waals surface area contributed by atoms with Gasteiger partial charge in [-0.15, -0.1) is 0 Å². The van der Waals surface area contributed by atoms with Crippen molar-refractivity contribution in [1.82, 2.24) is 9.62 Å². The second kappa shape index (κ2) is 9.53. The van der Waals surface area contributed by atoms with E-state index in [2.05, 4.69) is 17.4 Å². The molecule has 5 nitrogen and oxygen atoms in total. The number of nitrogens with one attached hydrogen (secondary N) is 1. The molecule has 1 N–H and O–H groups in total. The van der Waals surface area contributed by atoms with Crippen molar-refractivity contribution in [3.8, 4) is 0 Å². The third kappa shape index (κ3) is 5.01. The van der Waals surface area contributed by atoms with Crippen LogP contribution in [-0.2, 0) is 14.8 Å². The Hall–Kier alpha value is -2.18. The number of hydrogen-bond donors (Lipinski definition) is 1. The van der Waals surface area contributed by atoms with Gasteiger partial charge >= 0.3 is 0 Å². The fourth-order valence-electron chi connectivity index (χ4n) is 4.91. The van der Waals surface area contributed by atoms with Crippen LogP contribution >= 0.6 is 0 Å². The minimum atomic E-state index is -3.51. The molecule has 0 bridgehead atoms. The highest BCUT2D eigenvalue weighted by Gasteiger charge is 2.34. The molecule has 1 aliphatic carbocycles. The molecule has 2 aromatic carbocycles. The fourth-order valence-corrected chi connectivity index (χ4v) is 6.38. The van der Waals surface area contributed by atoms with Crippen molar-refractivity contribution in [2.24, 2.45) is 11.8 Å². The van der Waals surface area contributed by atoms with Crippen LogP contribution in [0.5, 0.6) is 0 Å². The number of hydrogen-bond acceptors (Lipinski definition) is 3. The van der Waals surface area contributed by atoms with Crippen molar-refractivity contribution in [3.05, 3.63) is 65.7 Å². The molecule has 2 aromatic rings. The predicted molar refractivity (Wildman–Crippen MR) is 122 cm³/mol. The van der Waals surface area contributed by atoms with Gasteiger partial charge in [0.25, 0.3) is 0 Å². The van der Waals surface area contributed by atoms with E-state index in [0.717, 1.165) is 18.4 Å². The smallest absolute Gasteiger partial charge is 0.243 e. The lowest BCUT2D eigenvalue weighted by atomic mass is 9.90. The highest BCUT2D eigenvalue weighted by atomic mass is 32.2. The van der Waals surface area contributed by atoms with E-state index < -0.39 is 10.0 Å². The number of aryl methyl sites for hydroxylation is 1. The number of carbonyl (C=O) groups is 1. The van der Waals surface area contributed by atoms with Crippen LogP contribution in [0.25, 0.3) is 0 Å². The molecule has 1 unspecified atom stereocenters. The molecule has 0 aromatic heterocycles. The maximum absolute atomic E-state index is 13.1. The molecular formula is C25H32N2O3S. The van der Waals surface area contributed by atoms with Gasteiger partial charge in [0, 0.05) is 19.0 Å². The Labute approximate surface area is 185 Å². The van der Waals surface area contributed by atoms with Crippen LogP contribution in [0.2, 0.25) is 0 Å². The molecule has 166 valence electrons. The van der Waals surface area contributed by atoms with Gasteiger partial charge in [0.2, 0.25) is 15.9 Å². The van der Waals surface area contributed by atoms with Crippen molar-refractivity contribution in [2.75, 3.05) is 13.1 Å². The minimum Gasteiger partial charge on any atom is -0.349 e. The van der Waals surface area contributed by atoms with Gasteiger partial charge in [0.1, 0.15) is 0 Å². The van der Waals surface area contributed by atoms with Crippen LogP contribution in [-0.4, -0.2) is 31.7 Å². The highest BCUT2D eigenvalue weighted by molar-refractivity contribution is 7.89. The largest absolute Gasteiger partial charge is 0.349 e. The molecule has 2 fully saturated rings. The van der Waals surface area contributed by atoms with E-state index in [-0.39, 0.29) is 17.9 Å². The van der Waals surface area contributed by atoms with Gasteiger partial charge in [-0.05, 0) is 56.2 Å². The summed E-state index contributed by atoms with van der Waals surface area (Å²) in [6.45, 7) is 2.70. The number of nitrogens with zero attached hydrogens (tertiary/aromatic N) is 1. The second-order valence-corrected chi connectivity index (χ2v) is 10.9. The molecule has 1 aliphatic heterocycles. The van der Waals surface area contributed by atoms with Gasteiger partial charge < -0.3 is 5.32 Å². The molecule has 2 aliphatic rings. The number of carbonyl (C=O) groups excluding carboxylic acids is 1. The van der Waals surface area contributed by atoms with Crippen molar-refractivity contribution in [3.63, 3.8) is 0 Å². The summed E-state index contributed by atoms with van der Waals surface area (Å²) in [6, 6.07) is 17.3. The first-order valence-electron chi connectivity index (χ1n) is 11.4. The number of rotatable bonds is 6. The normalized spacial score (nSPS) is 19.9. The average Bonchev–Trinajstić information content (AvgIpc) is 3.33. The second-order valence-electron chi connectivity index (χ2n) is 8.93. The summed E-state index contributed by atoms with van der Waals surface area (Å²) in [7, 11) is -3.51. The van der Waals surface area contributed by atoms with E-state index >= 15 is 0 Å². The number of benzene rings is 2. The fraction of sp³-hybridized carbons (Fsp3) is 0.480. The summed E-state index contributed by atoms with van der Waals surface area (Å²) in [5.74, 6) is 0.401. The summed E-state index contributed by atoms with van der Waals surface area (Å²) in [5, 5.41) is 3.33. The standard InChI is InChI=1S/C25H32N2O3S/c1-19-11-13-23(14-12-19)31(29,30)27-17-15-22(16-18-27)25(28)26-24(21-9-5-6-10-21)20-7-3-2-4-8-20/h2-4,7-8,11-14,21-22,24H,5-6,9-10,15-18H2,1H3,(H,26,28). The molecule has 1 heterocycles. The van der Waals surface area contributed by atoms with Gasteiger partial charge in [-0.3, -0.25) is 4.79 Å². The van der Waals surface area contributed by atoms with Crippen LogP contribution in [0.15, 0.2) is 59.5 Å². The Morgan fingerprint density at radius 3 is 2.16 bits per heavy atom. The molecule has 1 saturated heterocycles. The van der Waals surface area contributed by atoms with Crippen molar-refractivity contribution in [2.45, 2.75) is 56.4 Å². The minimum absolute atomic E-state index is 0.0468. The molecule has 6 heteroatoms. The van der Waals surface area contributed by atoms with Gasteiger partial charge in [-0.1, -0.05) is 60.9 Å². The van der Waals surface area contributed by atoms with E-state index in [4.69, 9.17) is 0 Å². The Kier molecular flexibility index (Phi) is 6.77. The molecule has 1 saturated carbocycles. The molecule has 31 heavy (non-hydrogen) atoms. The van der Waals surface area contributed by atoms with Crippen LogP contribution in [0.4, 0.5) is 0 Å². The lowest BCUT2D eigenvalue weighted by Gasteiger charge is -2.32. The monoisotopic (exact) mass is 440 g/mol. The quantitative estimate of drug-likeness (QED) is 0.722. The maximum Gasteiger partial charge on any atom is 0.243 e. The summed E-state index contributed by atoms with van der Waals surface area (Å²) in [6.07, 6.45) is 5.85. The molecule has 4 rings (SSSR count). The Morgan fingerprint density at radius 2 is 1.55 bits per heavy atom. The first-order valence-corrected chi connectivity index (χ1v) is 12.8. The van der Waals surface area contributed by atoms with Gasteiger partial charge in [-0.2, -0.15) is 4.31 Å². The zero-order chi connectivity index (χ0) is 21.8. The van der Waals surface area contributed by atoms with E-state index in [1.54, 1.807) is 12.1 Å². The van der Waals surface area contributed by atoms with Crippen LogP contribution in [0.3, 0.4) is 0 Å².